The molecule has 80 heavy (non-hydrogen) atoms. The van der Waals surface area contributed by atoms with Crippen molar-refractivity contribution in [2.24, 2.45) is 17.3 Å². The molecule has 0 unspecified atom stereocenters. The molecular weight excluding hydrogens is 1010 g/mol. The van der Waals surface area contributed by atoms with Crippen LogP contribution in [-0.2, 0) is 48.0 Å². The number of anilines is 1. The topological polar surface area (TPSA) is 167 Å². The third-order valence-corrected chi connectivity index (χ3v) is 19.3. The number of ether oxygens (including phenoxy) is 2. The van der Waals surface area contributed by atoms with Crippen LogP contribution in [0, 0.1) is 23.1 Å². The molecule has 3 amide bonds. The molecule has 3 aliphatic carbocycles. The van der Waals surface area contributed by atoms with Gasteiger partial charge in [-0.1, -0.05) is 52.7 Å². The average molecular weight is 1100 g/mol. The minimum Gasteiger partial charge on any atom is -0.464 e. The van der Waals surface area contributed by atoms with Gasteiger partial charge >= 0.3 is 5.97 Å². The molecule has 6 aliphatic heterocycles. The first-order valence-electron chi connectivity index (χ1n) is 30.5. The van der Waals surface area contributed by atoms with Gasteiger partial charge in [0.05, 0.1) is 55.6 Å². The van der Waals surface area contributed by atoms with E-state index in [1.54, 1.807) is 6.07 Å². The molecule has 428 valence electrons. The van der Waals surface area contributed by atoms with Crippen molar-refractivity contribution in [2.45, 2.75) is 166 Å². The van der Waals surface area contributed by atoms with Crippen LogP contribution in [0.3, 0.4) is 0 Å². The van der Waals surface area contributed by atoms with Crippen molar-refractivity contribution in [2.75, 3.05) is 77.0 Å². The lowest BCUT2D eigenvalue weighted by atomic mass is 9.83. The Hall–Kier alpha value is -5.46. The normalized spacial score (nSPS) is 27.1. The highest BCUT2D eigenvalue weighted by atomic mass is 19.1. The summed E-state index contributed by atoms with van der Waals surface area (Å²) in [5.41, 5.74) is 10.7. The van der Waals surface area contributed by atoms with Gasteiger partial charge in [-0.3, -0.25) is 44.3 Å². The summed E-state index contributed by atoms with van der Waals surface area (Å²) in [4.78, 5) is 72.7. The molecule has 17 heteroatoms. The zero-order valence-electron chi connectivity index (χ0n) is 47.7. The molecule has 4 aromatic rings. The van der Waals surface area contributed by atoms with Gasteiger partial charge in [0.2, 0.25) is 11.8 Å². The molecule has 13 rings (SSSR count). The van der Waals surface area contributed by atoms with Crippen molar-refractivity contribution in [1.29, 1.82) is 0 Å². The Balaban J connectivity index is 0.841. The smallest absolute Gasteiger partial charge is 0.324 e. The quantitative estimate of drug-likeness (QED) is 0.106. The molecular formula is C63H83FN10O6. The van der Waals surface area contributed by atoms with E-state index in [0.29, 0.717) is 88.2 Å². The Bertz CT molecular complexity index is 3040. The van der Waals surface area contributed by atoms with Crippen molar-refractivity contribution in [3.05, 3.63) is 71.3 Å². The van der Waals surface area contributed by atoms with Crippen LogP contribution in [0.5, 0.6) is 0 Å². The molecule has 0 radical (unpaired) electrons. The van der Waals surface area contributed by atoms with Gasteiger partial charge in [0, 0.05) is 92.7 Å². The second-order valence-electron chi connectivity index (χ2n) is 26.4. The third kappa shape index (κ3) is 10.7. The van der Waals surface area contributed by atoms with E-state index >= 15 is 14.0 Å². The van der Waals surface area contributed by atoms with Crippen LogP contribution < -0.4 is 21.0 Å². The fourth-order valence-electron chi connectivity index (χ4n) is 14.8. The monoisotopic (exact) mass is 1090 g/mol. The van der Waals surface area contributed by atoms with Crippen molar-refractivity contribution in [1.82, 2.24) is 45.3 Å². The first kappa shape index (κ1) is 53.8. The zero-order chi connectivity index (χ0) is 55.2. The number of hydrogen-bond donors (Lipinski definition) is 3. The molecule has 8 heterocycles. The SMILES string of the molecule is CCn1c(-c2cc(N3CCN(C4CC4)CC3)cnc2C(C)C)c2c3cc(ccc31)-c1cc(F)cc(c1)C[C@H](NC(=O)[C@H](C1CCCC1)N1CCOC3(CN(C(=O)[C@@H]4N[C@@H]4C4CC4)C3)C1)C(=O)N1CCC[C@H](N1)C(=O)OCC(C)(C)C2. The number of morpholine rings is 1. The van der Waals surface area contributed by atoms with Crippen LogP contribution in [0.2, 0.25) is 0 Å². The predicted octanol–water partition coefficient (Wildman–Crippen LogP) is 6.81. The Morgan fingerprint density at radius 1 is 0.887 bits per heavy atom. The van der Waals surface area contributed by atoms with E-state index in [1.807, 2.05) is 11.0 Å². The van der Waals surface area contributed by atoms with Gasteiger partial charge < -0.3 is 29.2 Å². The molecule has 6 bridgehead atoms. The minimum absolute atomic E-state index is 0.0240. The molecule has 3 N–H and O–H groups in total. The summed E-state index contributed by atoms with van der Waals surface area (Å²) in [5, 5.41) is 9.20. The number of pyridine rings is 1. The summed E-state index contributed by atoms with van der Waals surface area (Å²) in [7, 11) is 0. The second kappa shape index (κ2) is 21.4. The summed E-state index contributed by atoms with van der Waals surface area (Å²) in [6, 6.07) is 12.3. The highest BCUT2D eigenvalue weighted by molar-refractivity contribution is 5.96. The van der Waals surface area contributed by atoms with E-state index in [0.717, 1.165) is 103 Å². The summed E-state index contributed by atoms with van der Waals surface area (Å²) >= 11 is 0. The number of cyclic esters (lactones) is 1. The van der Waals surface area contributed by atoms with Crippen LogP contribution in [0.1, 0.15) is 122 Å². The summed E-state index contributed by atoms with van der Waals surface area (Å²) < 4.78 is 31.6. The highest BCUT2D eigenvalue weighted by Gasteiger charge is 2.57. The number of nitrogens with one attached hydrogen (secondary N) is 3. The van der Waals surface area contributed by atoms with Gasteiger partial charge in [0.15, 0.2) is 0 Å². The number of piperazine rings is 1. The van der Waals surface area contributed by atoms with E-state index in [4.69, 9.17) is 14.5 Å². The molecule has 1 spiro atoms. The number of amides is 3. The van der Waals surface area contributed by atoms with Crippen molar-refractivity contribution >= 4 is 40.3 Å². The Labute approximate surface area is 470 Å². The maximum absolute atomic E-state index is 16.4. The van der Waals surface area contributed by atoms with Crippen LogP contribution >= 0.6 is 0 Å². The standard InChI is InChI=1S/C63H83FN10O6/c1-6-73-52-18-15-42-30-47(52)49(57(73)48-31-46(33-65-53(48)38(2)3)70-22-20-69(21-23-70)45-16-17-45)32-62(4,5)37-79-61(78)50-12-9-19-74(68-50)59(76)51(28-39-26-43(42)29-44(64)27-39)66-58(75)56(41-10-7-8-11-41)71-24-25-80-63(34-71)35-72(36-63)60(77)55-54(67-55)40-13-14-40/h15,18,26-27,29-31,33,38,40-41,45,50-51,54-56,67-68H,6-14,16-17,19-25,28,32,34-37H2,1-5H3,(H,66,75)/t50-,51-,54+,55+,56-/m0/s1. The van der Waals surface area contributed by atoms with E-state index in [9.17, 15) is 9.59 Å². The van der Waals surface area contributed by atoms with Gasteiger partial charge in [-0.2, -0.15) is 0 Å². The van der Waals surface area contributed by atoms with Crippen molar-refractivity contribution < 1.29 is 33.0 Å². The minimum atomic E-state index is -1.09. The maximum Gasteiger partial charge on any atom is 0.324 e. The number of benzene rings is 2. The van der Waals surface area contributed by atoms with Gasteiger partial charge in [0.1, 0.15) is 29.5 Å². The number of carbonyl (C=O) groups excluding carboxylic acids is 4. The largest absolute Gasteiger partial charge is 0.464 e. The number of hydrogen-bond acceptors (Lipinski definition) is 12. The number of aryl methyl sites for hydroxylation is 1. The number of likely N-dealkylation sites (tertiary alicyclic amines) is 1. The molecule has 3 saturated carbocycles. The zero-order valence-corrected chi connectivity index (χ0v) is 47.7. The number of fused-ring (bicyclic) bond motifs is 6. The molecule has 5 saturated heterocycles. The van der Waals surface area contributed by atoms with Gasteiger partial charge in [-0.15, -0.1) is 0 Å². The van der Waals surface area contributed by atoms with Crippen molar-refractivity contribution in [3.63, 3.8) is 0 Å². The number of halogens is 1. The lowest BCUT2D eigenvalue weighted by molar-refractivity contribution is -0.197. The van der Waals surface area contributed by atoms with E-state index in [-0.39, 0.29) is 42.7 Å². The number of rotatable bonds is 11. The molecule has 9 aliphatic rings. The van der Waals surface area contributed by atoms with Crippen LogP contribution in [-0.4, -0.2) is 167 Å². The van der Waals surface area contributed by atoms with Crippen LogP contribution in [0.15, 0.2) is 48.7 Å². The lowest BCUT2D eigenvalue weighted by Gasteiger charge is -2.55. The number of hydrazine groups is 1. The second-order valence-corrected chi connectivity index (χ2v) is 26.4. The van der Waals surface area contributed by atoms with Gasteiger partial charge in [0.25, 0.3) is 5.91 Å². The molecule has 2 aromatic heterocycles. The first-order valence-corrected chi connectivity index (χ1v) is 30.5. The molecule has 5 atom stereocenters. The highest BCUT2D eigenvalue weighted by Crippen LogP contribution is 2.45. The molecule has 2 aromatic carbocycles. The van der Waals surface area contributed by atoms with Gasteiger partial charge in [-0.05, 0) is 135 Å². The maximum atomic E-state index is 16.4. The third-order valence-electron chi connectivity index (χ3n) is 19.3. The van der Waals surface area contributed by atoms with Crippen LogP contribution in [0.25, 0.3) is 33.3 Å². The molecule has 16 nitrogen and oxygen atoms in total. The number of aromatic nitrogens is 2. The van der Waals surface area contributed by atoms with E-state index in [2.05, 4.69) is 100 Å². The number of carbonyl (C=O) groups is 4. The fraction of sp³-hybridized carbons (Fsp3) is 0.635. The molecule has 8 fully saturated rings. The Morgan fingerprint density at radius 2 is 1.68 bits per heavy atom. The number of esters is 1. The Kier molecular flexibility index (Phi) is 14.4. The van der Waals surface area contributed by atoms with E-state index < -0.39 is 46.8 Å². The van der Waals surface area contributed by atoms with E-state index in [1.165, 1.54) is 36.8 Å². The van der Waals surface area contributed by atoms with Crippen LogP contribution in [0.4, 0.5) is 10.1 Å². The lowest BCUT2D eigenvalue weighted by Crippen LogP contribution is -2.73. The predicted molar refractivity (Wildman–Crippen MR) is 305 cm³/mol. The number of nitrogens with zero attached hydrogens (tertiary/aromatic N) is 7. The first-order chi connectivity index (χ1) is 38.6. The summed E-state index contributed by atoms with van der Waals surface area (Å²) in [5.74, 6) is -0.529. The Morgan fingerprint density at radius 3 is 2.41 bits per heavy atom. The average Bonchev–Trinajstić information content (AvgIpc) is 4.57. The van der Waals surface area contributed by atoms with Crippen molar-refractivity contribution in [3.8, 4) is 22.4 Å². The van der Waals surface area contributed by atoms with Gasteiger partial charge in [-0.25, -0.2) is 9.82 Å². The summed E-state index contributed by atoms with van der Waals surface area (Å²) in [6.45, 7) is 18.5. The summed E-state index contributed by atoms with van der Waals surface area (Å²) in [6.07, 6.45) is 12.5. The fourth-order valence-corrected chi connectivity index (χ4v) is 14.8.